The van der Waals surface area contributed by atoms with Gasteiger partial charge in [0, 0.05) is 24.0 Å². The molecule has 0 saturated carbocycles. The lowest BCUT2D eigenvalue weighted by atomic mass is 9.97. The van der Waals surface area contributed by atoms with E-state index in [1.54, 1.807) is 4.90 Å². The Hall–Kier alpha value is -3.84. The van der Waals surface area contributed by atoms with Crippen LogP contribution in [0.1, 0.15) is 59.3 Å². The molecule has 3 heterocycles. The number of hydrogen-bond donors (Lipinski definition) is 1. The van der Waals surface area contributed by atoms with Crippen molar-refractivity contribution >= 4 is 28.3 Å². The van der Waals surface area contributed by atoms with Crippen LogP contribution in [0.4, 0.5) is 9.80 Å². The second-order valence-electron chi connectivity index (χ2n) is 9.39. The summed E-state index contributed by atoms with van der Waals surface area (Å²) in [5.41, 5.74) is 3.34. The predicted molar refractivity (Wildman–Crippen MR) is 145 cm³/mol. The van der Waals surface area contributed by atoms with Crippen molar-refractivity contribution in [3.05, 3.63) is 63.5 Å². The molecule has 0 aliphatic carbocycles. The van der Waals surface area contributed by atoms with Crippen molar-refractivity contribution in [2.24, 2.45) is 0 Å². The average Bonchev–Trinajstić information content (AvgIpc) is 3.40. The van der Waals surface area contributed by atoms with Crippen LogP contribution in [-0.2, 0) is 29.0 Å². The lowest BCUT2D eigenvalue weighted by molar-refractivity contribution is -0.116. The normalized spacial score (nSPS) is 13.4. The molecule has 1 atom stereocenters. The summed E-state index contributed by atoms with van der Waals surface area (Å²) >= 11 is 1.36. The Balaban J connectivity index is 1.35. The number of carbonyl (C=O) groups is 2. The van der Waals surface area contributed by atoms with Gasteiger partial charge in [0.05, 0.1) is 31.0 Å². The number of ether oxygens (including phenoxy) is 2. The van der Waals surface area contributed by atoms with Gasteiger partial charge in [0.25, 0.3) is 0 Å². The minimum Gasteiger partial charge on any atom is -0.494 e. The van der Waals surface area contributed by atoms with Gasteiger partial charge in [-0.1, -0.05) is 19.1 Å². The van der Waals surface area contributed by atoms with Gasteiger partial charge in [-0.15, -0.1) is 11.3 Å². The summed E-state index contributed by atoms with van der Waals surface area (Å²) in [6.45, 7) is 9.96. The Morgan fingerprint density at radius 3 is 2.84 bits per heavy atom. The summed E-state index contributed by atoms with van der Waals surface area (Å²) in [6.07, 6.45) is 2.36. The third kappa shape index (κ3) is 6.34. The molecule has 4 rings (SSSR count). The first-order valence-corrected chi connectivity index (χ1v) is 13.6. The summed E-state index contributed by atoms with van der Waals surface area (Å²) in [4.78, 5) is 32.5. The maximum Gasteiger partial charge on any atom is 0.410 e. The van der Waals surface area contributed by atoms with Gasteiger partial charge in [0.2, 0.25) is 5.91 Å². The number of fused-ring (bicyclic) bond motifs is 1. The van der Waals surface area contributed by atoms with Gasteiger partial charge in [-0.2, -0.15) is 5.26 Å². The third-order valence-corrected chi connectivity index (χ3v) is 7.70. The molecule has 0 bridgehead atoms. The highest BCUT2D eigenvalue weighted by atomic mass is 32.1. The molecule has 1 aromatic carbocycles. The molecule has 0 radical (unpaired) electrons. The number of nitriles is 1. The van der Waals surface area contributed by atoms with E-state index in [0.717, 1.165) is 33.3 Å². The number of carbonyl (C=O) groups excluding carboxylic acids is 2. The zero-order chi connectivity index (χ0) is 27.2. The second-order valence-corrected chi connectivity index (χ2v) is 10.5. The van der Waals surface area contributed by atoms with Crippen molar-refractivity contribution in [1.29, 1.82) is 5.26 Å². The van der Waals surface area contributed by atoms with Crippen LogP contribution in [0, 0.1) is 25.2 Å². The van der Waals surface area contributed by atoms with E-state index in [4.69, 9.17) is 9.47 Å². The van der Waals surface area contributed by atoms with E-state index in [1.165, 1.54) is 11.3 Å². The van der Waals surface area contributed by atoms with Crippen LogP contribution < -0.4 is 10.1 Å². The highest BCUT2D eigenvalue weighted by Crippen LogP contribution is 2.37. The minimum atomic E-state index is -0.384. The SMILES string of the molecule is CCOc1cccc([C@@H](C)CC(=O)Nc2sc3c(c2C#N)CCN(C(=O)OCCn2cc(C)nc2C)C3)c1. The molecule has 0 spiro atoms. The van der Waals surface area contributed by atoms with Crippen LogP contribution in [0.15, 0.2) is 30.5 Å². The first kappa shape index (κ1) is 27.2. The van der Waals surface area contributed by atoms with Crippen molar-refractivity contribution in [3.8, 4) is 11.8 Å². The highest BCUT2D eigenvalue weighted by Gasteiger charge is 2.28. The number of rotatable bonds is 9. The van der Waals surface area contributed by atoms with E-state index >= 15 is 0 Å². The first-order chi connectivity index (χ1) is 18.3. The van der Waals surface area contributed by atoms with Crippen molar-refractivity contribution in [2.45, 2.75) is 59.5 Å². The Labute approximate surface area is 227 Å². The third-order valence-electron chi connectivity index (χ3n) is 6.56. The molecule has 2 amide bonds. The Bertz CT molecular complexity index is 1360. The number of nitrogens with zero attached hydrogens (tertiary/aromatic N) is 4. The van der Waals surface area contributed by atoms with Crippen molar-refractivity contribution in [3.63, 3.8) is 0 Å². The van der Waals surface area contributed by atoms with Gasteiger partial charge >= 0.3 is 6.09 Å². The van der Waals surface area contributed by atoms with Gasteiger partial charge in [-0.3, -0.25) is 4.79 Å². The van der Waals surface area contributed by atoms with Gasteiger partial charge in [0.15, 0.2) is 0 Å². The number of hydrogen-bond acceptors (Lipinski definition) is 7. The summed E-state index contributed by atoms with van der Waals surface area (Å²) in [6, 6.07) is 10.0. The van der Waals surface area contributed by atoms with Crippen molar-refractivity contribution in [2.75, 3.05) is 25.1 Å². The molecule has 1 aliphatic heterocycles. The monoisotopic (exact) mass is 535 g/mol. The minimum absolute atomic E-state index is 0.0178. The van der Waals surface area contributed by atoms with Gasteiger partial charge in [-0.25, -0.2) is 9.78 Å². The maximum atomic E-state index is 12.9. The standard InChI is InChI=1S/C28H33N5O4S/c1-5-36-22-8-6-7-21(14-22)18(2)13-26(34)31-27-24(15-29)23-9-10-33(17-25(23)38-27)28(35)37-12-11-32-16-19(3)30-20(32)4/h6-8,14,16,18H,5,9-13,17H2,1-4H3,(H,31,34)/t18-/m0/s1. The van der Waals surface area contributed by atoms with E-state index in [9.17, 15) is 14.9 Å². The quantitative estimate of drug-likeness (QED) is 0.405. The topological polar surface area (TPSA) is 109 Å². The van der Waals surface area contributed by atoms with E-state index in [0.29, 0.717) is 43.2 Å². The van der Waals surface area contributed by atoms with E-state index in [2.05, 4.69) is 16.4 Å². The maximum absolute atomic E-state index is 12.9. The van der Waals surface area contributed by atoms with Gasteiger partial charge in [0.1, 0.15) is 29.3 Å². The summed E-state index contributed by atoms with van der Waals surface area (Å²) in [5.74, 6) is 1.49. The molecule has 1 aliphatic rings. The fourth-order valence-electron chi connectivity index (χ4n) is 4.63. The van der Waals surface area contributed by atoms with Crippen LogP contribution in [-0.4, -0.2) is 46.2 Å². The van der Waals surface area contributed by atoms with Crippen molar-refractivity contribution in [1.82, 2.24) is 14.5 Å². The van der Waals surface area contributed by atoms with Crippen LogP contribution in [0.3, 0.4) is 0 Å². The Morgan fingerprint density at radius 1 is 1.32 bits per heavy atom. The second kappa shape index (κ2) is 12.1. The molecule has 0 unspecified atom stereocenters. The molecular formula is C28H33N5O4S. The number of imidazole rings is 1. The summed E-state index contributed by atoms with van der Waals surface area (Å²) in [7, 11) is 0. The van der Waals surface area contributed by atoms with E-state index in [-0.39, 0.29) is 30.9 Å². The molecule has 38 heavy (non-hydrogen) atoms. The van der Waals surface area contributed by atoms with E-state index in [1.807, 2.05) is 62.7 Å². The molecular weight excluding hydrogens is 502 g/mol. The Morgan fingerprint density at radius 2 is 2.13 bits per heavy atom. The zero-order valence-electron chi connectivity index (χ0n) is 22.2. The number of nitrogens with one attached hydrogen (secondary N) is 1. The molecule has 2 aromatic heterocycles. The molecule has 0 fully saturated rings. The van der Waals surface area contributed by atoms with Crippen LogP contribution in [0.2, 0.25) is 0 Å². The number of thiophene rings is 1. The fourth-order valence-corrected chi connectivity index (χ4v) is 5.86. The lowest BCUT2D eigenvalue weighted by Gasteiger charge is -2.26. The number of benzene rings is 1. The molecule has 3 aromatic rings. The predicted octanol–water partition coefficient (Wildman–Crippen LogP) is 5.16. The summed E-state index contributed by atoms with van der Waals surface area (Å²) < 4.78 is 13.0. The number of anilines is 1. The van der Waals surface area contributed by atoms with Gasteiger partial charge in [-0.05, 0) is 56.4 Å². The first-order valence-electron chi connectivity index (χ1n) is 12.8. The molecule has 0 saturated heterocycles. The number of aryl methyl sites for hydroxylation is 2. The van der Waals surface area contributed by atoms with Crippen LogP contribution in [0.25, 0.3) is 0 Å². The highest BCUT2D eigenvalue weighted by molar-refractivity contribution is 7.16. The van der Waals surface area contributed by atoms with Crippen LogP contribution in [0.5, 0.6) is 5.75 Å². The zero-order valence-corrected chi connectivity index (χ0v) is 23.1. The summed E-state index contributed by atoms with van der Waals surface area (Å²) in [5, 5.41) is 13.3. The molecule has 200 valence electrons. The van der Waals surface area contributed by atoms with Crippen LogP contribution >= 0.6 is 11.3 Å². The lowest BCUT2D eigenvalue weighted by Crippen LogP contribution is -2.36. The number of amides is 2. The molecule has 9 nitrogen and oxygen atoms in total. The van der Waals surface area contributed by atoms with Crippen molar-refractivity contribution < 1.29 is 19.1 Å². The van der Waals surface area contributed by atoms with E-state index < -0.39 is 0 Å². The molecule has 10 heteroatoms. The molecule has 1 N–H and O–H groups in total. The smallest absolute Gasteiger partial charge is 0.410 e. The Kier molecular flexibility index (Phi) is 8.69. The number of aromatic nitrogens is 2. The average molecular weight is 536 g/mol. The van der Waals surface area contributed by atoms with Gasteiger partial charge < -0.3 is 24.3 Å². The largest absolute Gasteiger partial charge is 0.494 e. The fraction of sp³-hybridized carbons (Fsp3) is 0.429.